The van der Waals surface area contributed by atoms with E-state index in [2.05, 4.69) is 31.6 Å². The van der Waals surface area contributed by atoms with E-state index in [9.17, 15) is 10.1 Å². The smallest absolute Gasteiger partial charge is 0.269 e. The lowest BCUT2D eigenvalue weighted by Crippen LogP contribution is -2.47. The van der Waals surface area contributed by atoms with Gasteiger partial charge in [-0.25, -0.2) is 0 Å². The normalized spacial score (nSPS) is 20.8. The van der Waals surface area contributed by atoms with Crippen molar-refractivity contribution in [3.63, 3.8) is 0 Å². The number of rotatable bonds is 5. The summed E-state index contributed by atoms with van der Waals surface area (Å²) < 4.78 is 1.00. The third kappa shape index (κ3) is 3.67. The fourth-order valence-electron chi connectivity index (χ4n) is 3.18. The van der Waals surface area contributed by atoms with Crippen LogP contribution in [0.3, 0.4) is 0 Å². The Morgan fingerprint density at radius 1 is 1.00 bits per heavy atom. The van der Waals surface area contributed by atoms with Gasteiger partial charge in [0.1, 0.15) is 6.17 Å². The molecule has 0 aromatic heterocycles. The van der Waals surface area contributed by atoms with Crippen LogP contribution in [0.1, 0.15) is 17.3 Å². The van der Waals surface area contributed by atoms with Crippen molar-refractivity contribution in [2.45, 2.75) is 11.8 Å². The van der Waals surface area contributed by atoms with Gasteiger partial charge in [0.05, 0.1) is 4.92 Å². The highest BCUT2D eigenvalue weighted by Crippen LogP contribution is 2.32. The maximum atomic E-state index is 10.9. The third-order valence-electron chi connectivity index (χ3n) is 4.62. The van der Waals surface area contributed by atoms with E-state index in [1.165, 1.54) is 12.1 Å². The lowest BCUT2D eigenvalue weighted by Gasteiger charge is -2.31. The predicted octanol–water partition coefficient (Wildman–Crippen LogP) is 5.00. The summed E-state index contributed by atoms with van der Waals surface area (Å²) >= 11 is 3.45. The van der Waals surface area contributed by atoms with Crippen molar-refractivity contribution in [1.82, 2.24) is 5.32 Å². The van der Waals surface area contributed by atoms with E-state index in [4.69, 9.17) is 0 Å². The second kappa shape index (κ2) is 7.53. The van der Waals surface area contributed by atoms with Gasteiger partial charge in [-0.15, -0.1) is 0 Å². The molecule has 140 valence electrons. The molecular weight excluding hydrogens is 420 g/mol. The second-order valence-electron chi connectivity index (χ2n) is 6.48. The van der Waals surface area contributed by atoms with Gasteiger partial charge in [0.25, 0.3) is 5.69 Å². The number of non-ortho nitro benzene ring substituents is 1. The molecule has 4 rings (SSSR count). The minimum Gasteiger partial charge on any atom is -0.359 e. The molecule has 0 bridgehead atoms. The first-order chi connectivity index (χ1) is 13.6. The lowest BCUT2D eigenvalue weighted by molar-refractivity contribution is -0.384. The Morgan fingerprint density at radius 2 is 1.68 bits per heavy atom. The Kier molecular flexibility index (Phi) is 4.93. The highest BCUT2D eigenvalue weighted by molar-refractivity contribution is 9.10. The van der Waals surface area contributed by atoms with Gasteiger partial charge in [0.15, 0.2) is 5.66 Å². The summed E-state index contributed by atoms with van der Waals surface area (Å²) in [6.07, 6.45) is 1.54. The van der Waals surface area contributed by atoms with Crippen molar-refractivity contribution in [3.05, 3.63) is 105 Å². The fourth-order valence-corrected chi connectivity index (χ4v) is 3.45. The number of hydrogen-bond acceptors (Lipinski definition) is 5. The molecule has 3 aromatic carbocycles. The zero-order valence-corrected chi connectivity index (χ0v) is 16.3. The number of hydrogen-bond donors (Lipinski definition) is 2. The van der Waals surface area contributed by atoms with Crippen molar-refractivity contribution >= 4 is 33.5 Å². The lowest BCUT2D eigenvalue weighted by atomic mass is 10.00. The molecule has 1 heterocycles. The molecular formula is C21H17BrN4O2. The molecule has 1 aliphatic rings. The van der Waals surface area contributed by atoms with Gasteiger partial charge >= 0.3 is 0 Å². The van der Waals surface area contributed by atoms with Crippen LogP contribution in [0.2, 0.25) is 0 Å². The Hall–Kier alpha value is -3.03. The molecule has 1 aliphatic heterocycles. The highest BCUT2D eigenvalue weighted by Gasteiger charge is 2.37. The van der Waals surface area contributed by atoms with Gasteiger partial charge in [-0.1, -0.05) is 46.3 Å². The number of nitrogens with one attached hydrogen (secondary N) is 2. The summed E-state index contributed by atoms with van der Waals surface area (Å²) in [6, 6.07) is 24.4. The minimum atomic E-state index is -0.693. The first kappa shape index (κ1) is 18.3. The largest absolute Gasteiger partial charge is 0.359 e. The summed E-state index contributed by atoms with van der Waals surface area (Å²) in [5, 5.41) is 18.0. The van der Waals surface area contributed by atoms with Crippen molar-refractivity contribution in [2.24, 2.45) is 4.99 Å². The molecule has 2 N–H and O–H groups in total. The van der Waals surface area contributed by atoms with Gasteiger partial charge in [-0.05, 0) is 47.5 Å². The molecule has 0 spiro atoms. The molecule has 6 nitrogen and oxygen atoms in total. The molecule has 28 heavy (non-hydrogen) atoms. The van der Waals surface area contributed by atoms with Crippen LogP contribution in [0.25, 0.3) is 0 Å². The number of nitrogens with zero attached hydrogens (tertiary/aromatic N) is 2. The Balaban J connectivity index is 1.65. The third-order valence-corrected chi connectivity index (χ3v) is 5.14. The molecule has 0 aliphatic carbocycles. The zero-order chi connectivity index (χ0) is 19.6. The van der Waals surface area contributed by atoms with Crippen LogP contribution in [-0.2, 0) is 5.66 Å². The molecule has 0 radical (unpaired) electrons. The number of anilines is 1. The van der Waals surface area contributed by atoms with Crippen molar-refractivity contribution in [2.75, 3.05) is 5.32 Å². The van der Waals surface area contributed by atoms with Crippen LogP contribution in [0, 0.1) is 10.1 Å². The number of halogens is 1. The number of benzene rings is 3. The van der Waals surface area contributed by atoms with E-state index in [0.717, 1.165) is 21.3 Å². The fraction of sp³-hybridized carbons (Fsp3) is 0.0952. The summed E-state index contributed by atoms with van der Waals surface area (Å²) in [5.41, 5.74) is 2.19. The van der Waals surface area contributed by atoms with Gasteiger partial charge in [-0.3, -0.25) is 20.4 Å². The van der Waals surface area contributed by atoms with Crippen LogP contribution in [0.15, 0.2) is 88.3 Å². The van der Waals surface area contributed by atoms with Crippen LogP contribution < -0.4 is 10.6 Å². The first-order valence-electron chi connectivity index (χ1n) is 8.71. The summed E-state index contributed by atoms with van der Waals surface area (Å²) in [5.74, 6) is 0. The van der Waals surface area contributed by atoms with Gasteiger partial charge in [-0.2, -0.15) is 0 Å². The van der Waals surface area contributed by atoms with E-state index in [1.54, 1.807) is 12.1 Å². The van der Waals surface area contributed by atoms with E-state index in [-0.39, 0.29) is 11.9 Å². The molecule has 0 saturated carbocycles. The number of nitro groups is 1. The molecule has 2 unspecified atom stereocenters. The maximum absolute atomic E-state index is 10.9. The molecule has 3 aromatic rings. The van der Waals surface area contributed by atoms with E-state index in [1.807, 2.05) is 60.8 Å². The van der Waals surface area contributed by atoms with Crippen LogP contribution in [0.4, 0.5) is 11.4 Å². The molecule has 0 amide bonds. The SMILES string of the molecule is O=[N+]([O-])c1ccc(C2N=CC(Nc3ccc(Br)cc3)(c3ccccc3)N2)cc1. The Labute approximate surface area is 170 Å². The highest BCUT2D eigenvalue weighted by atomic mass is 79.9. The van der Waals surface area contributed by atoms with E-state index in [0.29, 0.717) is 0 Å². The quantitative estimate of drug-likeness (QED) is 0.435. The number of aliphatic imine (C=N–C) groups is 1. The average Bonchev–Trinajstić information content (AvgIpc) is 3.16. The van der Waals surface area contributed by atoms with E-state index < -0.39 is 10.6 Å². The van der Waals surface area contributed by atoms with Crippen LogP contribution in [-0.4, -0.2) is 11.1 Å². The molecule has 7 heteroatoms. The molecule has 2 atom stereocenters. The topological polar surface area (TPSA) is 79.6 Å². The molecule has 0 saturated heterocycles. The van der Waals surface area contributed by atoms with Crippen LogP contribution >= 0.6 is 15.9 Å². The predicted molar refractivity (Wildman–Crippen MR) is 113 cm³/mol. The Bertz CT molecular complexity index is 1010. The maximum Gasteiger partial charge on any atom is 0.269 e. The van der Waals surface area contributed by atoms with Crippen LogP contribution in [0.5, 0.6) is 0 Å². The standard InChI is InChI=1S/C21H17BrN4O2/c22-17-8-10-18(11-9-17)24-21(16-4-2-1-3-5-16)14-23-20(25-21)15-6-12-19(13-7-15)26(27)28/h1-14,20,24-25H. The summed E-state index contributed by atoms with van der Waals surface area (Å²) in [6.45, 7) is 0. The second-order valence-corrected chi connectivity index (χ2v) is 7.40. The van der Waals surface area contributed by atoms with Crippen molar-refractivity contribution in [1.29, 1.82) is 0 Å². The summed E-state index contributed by atoms with van der Waals surface area (Å²) in [4.78, 5) is 15.1. The zero-order valence-electron chi connectivity index (χ0n) is 14.7. The first-order valence-corrected chi connectivity index (χ1v) is 9.51. The van der Waals surface area contributed by atoms with Gasteiger partial charge in [0.2, 0.25) is 0 Å². The monoisotopic (exact) mass is 436 g/mol. The van der Waals surface area contributed by atoms with Crippen molar-refractivity contribution in [3.8, 4) is 0 Å². The van der Waals surface area contributed by atoms with Gasteiger partial charge < -0.3 is 5.32 Å². The van der Waals surface area contributed by atoms with Crippen molar-refractivity contribution < 1.29 is 4.92 Å². The molecule has 0 fully saturated rings. The van der Waals surface area contributed by atoms with E-state index >= 15 is 0 Å². The van der Waals surface area contributed by atoms with Gasteiger partial charge in [0, 0.05) is 28.5 Å². The summed E-state index contributed by atoms with van der Waals surface area (Å²) in [7, 11) is 0. The number of nitro benzene ring substituents is 1. The minimum absolute atomic E-state index is 0.0630. The Morgan fingerprint density at radius 3 is 2.32 bits per heavy atom. The average molecular weight is 437 g/mol.